The predicted molar refractivity (Wildman–Crippen MR) is 191 cm³/mol. The molecule has 0 radical (unpaired) electrons. The fraction of sp³-hybridized carbons (Fsp3) is 0.302. The molecule has 6 rings (SSSR count). The van der Waals surface area contributed by atoms with E-state index >= 15 is 0 Å². The molecule has 1 atom stereocenters. The van der Waals surface area contributed by atoms with Crippen molar-refractivity contribution in [1.29, 1.82) is 0 Å². The second-order valence-electron chi connectivity index (χ2n) is 13.8. The Labute approximate surface area is 281 Å². The van der Waals surface area contributed by atoms with Crippen molar-refractivity contribution >= 4 is 24.8 Å². The second-order valence-corrected chi connectivity index (χ2v) is 15.0. The SMILES string of the molecule is CC(C)(C)c1ccc2c(c1)[cH-]c1cc(C(C)(C)C)ccc12.CCC1=[C-]C(CC)C=C1.[Zr+2]=[C](c1ccccc1)c1ccccc1. The Morgan fingerprint density at radius 1 is 0.682 bits per heavy atom. The van der Waals surface area contributed by atoms with Crippen LogP contribution in [0.25, 0.3) is 21.5 Å². The molecule has 1 aliphatic carbocycles. The summed E-state index contributed by atoms with van der Waals surface area (Å²) < 4.78 is 1.42. The van der Waals surface area contributed by atoms with Crippen LogP contribution in [-0.4, -0.2) is 3.21 Å². The molecular formula is C43H48Zr. The average Bonchev–Trinajstić information content (AvgIpc) is 3.65. The van der Waals surface area contributed by atoms with Gasteiger partial charge >= 0.3 is 99.2 Å². The van der Waals surface area contributed by atoms with E-state index in [-0.39, 0.29) is 10.8 Å². The van der Waals surface area contributed by atoms with Gasteiger partial charge in [0.25, 0.3) is 0 Å². The number of fused-ring (bicyclic) bond motifs is 3. The zero-order valence-electron chi connectivity index (χ0n) is 28.0. The van der Waals surface area contributed by atoms with E-state index in [9.17, 15) is 0 Å². The zero-order valence-corrected chi connectivity index (χ0v) is 30.4. The first-order valence-corrected chi connectivity index (χ1v) is 17.3. The third-order valence-electron chi connectivity index (χ3n) is 8.28. The maximum atomic E-state index is 3.40. The van der Waals surface area contributed by atoms with Crippen LogP contribution in [0.4, 0.5) is 0 Å². The predicted octanol–water partition coefficient (Wildman–Crippen LogP) is 11.8. The molecule has 0 saturated heterocycles. The van der Waals surface area contributed by atoms with Gasteiger partial charge in [0, 0.05) is 0 Å². The number of benzene rings is 4. The Balaban J connectivity index is 0.000000165. The molecule has 0 aliphatic heterocycles. The van der Waals surface area contributed by atoms with Crippen molar-refractivity contribution in [2.24, 2.45) is 5.92 Å². The monoisotopic (exact) mass is 654 g/mol. The Bertz CT molecular complexity index is 1620. The van der Waals surface area contributed by atoms with Gasteiger partial charge in [-0.15, -0.1) is 39.7 Å². The van der Waals surface area contributed by atoms with E-state index in [1.165, 1.54) is 83.2 Å². The average molecular weight is 656 g/mol. The van der Waals surface area contributed by atoms with E-state index < -0.39 is 0 Å². The molecule has 5 aromatic rings. The van der Waals surface area contributed by atoms with Crippen LogP contribution >= 0.6 is 0 Å². The summed E-state index contributed by atoms with van der Waals surface area (Å²) in [6, 6.07) is 37.3. The third kappa shape index (κ3) is 8.79. The van der Waals surface area contributed by atoms with Crippen molar-refractivity contribution in [3.8, 4) is 0 Å². The van der Waals surface area contributed by atoms with Gasteiger partial charge in [0.15, 0.2) is 0 Å². The van der Waals surface area contributed by atoms with E-state index in [0.717, 1.165) is 6.42 Å². The first-order chi connectivity index (χ1) is 20.9. The molecule has 0 fully saturated rings. The summed E-state index contributed by atoms with van der Waals surface area (Å²) in [7, 11) is 0. The minimum atomic E-state index is 0.203. The third-order valence-corrected chi connectivity index (χ3v) is 9.70. The molecule has 1 aliphatic rings. The van der Waals surface area contributed by atoms with Crippen molar-refractivity contribution in [2.45, 2.75) is 79.1 Å². The zero-order chi connectivity index (χ0) is 31.9. The van der Waals surface area contributed by atoms with Crippen molar-refractivity contribution in [2.75, 3.05) is 0 Å². The topological polar surface area (TPSA) is 0 Å². The number of allylic oxidation sites excluding steroid dienone is 4. The molecule has 224 valence electrons. The standard InChI is InChI=1S/C21H25.C13H10.C9H13.Zr/c1-20(2,3)16-7-9-18-14(12-16)11-15-13-17(21(4,5)6)8-10-19(15)18;1-3-7-12(8-4-1)11-13-9-5-2-6-10-13;1-3-8-5-6-9(4-2)7-8;/h7-13H,1-6H3;1-10H;5-6,8H,3-4H2,1-2H3;/q-1;;-1;+2. The van der Waals surface area contributed by atoms with Gasteiger partial charge in [0.05, 0.1) is 0 Å². The molecule has 0 spiro atoms. The van der Waals surface area contributed by atoms with E-state index in [1.54, 1.807) is 0 Å². The molecule has 0 heterocycles. The van der Waals surface area contributed by atoms with Crippen LogP contribution in [0.15, 0.2) is 121 Å². The fourth-order valence-corrected chi connectivity index (χ4v) is 6.18. The molecule has 5 aromatic carbocycles. The summed E-state index contributed by atoms with van der Waals surface area (Å²) in [5, 5.41) is 5.48. The Morgan fingerprint density at radius 2 is 1.14 bits per heavy atom. The van der Waals surface area contributed by atoms with Gasteiger partial charge in [-0.05, 0) is 10.8 Å². The first kappa shape index (κ1) is 33.9. The normalized spacial score (nSPS) is 14.5. The number of rotatable bonds is 4. The molecule has 1 heteroatoms. The number of hydrogen-bond acceptors (Lipinski definition) is 0. The summed E-state index contributed by atoms with van der Waals surface area (Å²) in [5.74, 6) is 0.611. The van der Waals surface area contributed by atoms with Gasteiger partial charge in [-0.1, -0.05) is 110 Å². The summed E-state index contributed by atoms with van der Waals surface area (Å²) in [6.07, 6.45) is 10.1. The van der Waals surface area contributed by atoms with Crippen molar-refractivity contribution in [1.82, 2.24) is 0 Å². The van der Waals surface area contributed by atoms with Gasteiger partial charge in [-0.2, -0.15) is 6.08 Å². The van der Waals surface area contributed by atoms with Crippen molar-refractivity contribution < 1.29 is 24.2 Å². The number of hydrogen-bond donors (Lipinski definition) is 0. The van der Waals surface area contributed by atoms with Gasteiger partial charge < -0.3 is 0 Å². The van der Waals surface area contributed by atoms with E-state index in [0.29, 0.717) is 5.92 Å². The fourth-order valence-electron chi connectivity index (χ4n) is 5.36. The van der Waals surface area contributed by atoms with Crippen LogP contribution in [0.5, 0.6) is 0 Å². The van der Waals surface area contributed by atoms with Crippen LogP contribution in [0.2, 0.25) is 0 Å². The summed E-state index contributed by atoms with van der Waals surface area (Å²) in [4.78, 5) is 0. The van der Waals surface area contributed by atoms with E-state index in [4.69, 9.17) is 0 Å². The molecule has 0 amide bonds. The quantitative estimate of drug-likeness (QED) is 0.169. The summed E-state index contributed by atoms with van der Waals surface area (Å²) in [5.41, 5.74) is 7.25. The minimum absolute atomic E-state index is 0.203. The molecule has 0 aromatic heterocycles. The molecule has 0 bridgehead atoms. The molecule has 0 saturated carbocycles. The second kappa shape index (κ2) is 14.8. The van der Waals surface area contributed by atoms with Gasteiger partial charge in [-0.25, -0.2) is 11.6 Å². The molecule has 0 nitrogen and oxygen atoms in total. The van der Waals surface area contributed by atoms with Gasteiger partial charge in [0.2, 0.25) is 0 Å². The van der Waals surface area contributed by atoms with Gasteiger partial charge in [-0.3, -0.25) is 6.08 Å². The Kier molecular flexibility index (Phi) is 11.4. The van der Waals surface area contributed by atoms with E-state index in [1.807, 2.05) is 0 Å². The van der Waals surface area contributed by atoms with Gasteiger partial charge in [0.1, 0.15) is 0 Å². The summed E-state index contributed by atoms with van der Waals surface area (Å²) >= 11 is 1.46. The van der Waals surface area contributed by atoms with Crippen LogP contribution in [0.1, 0.15) is 90.5 Å². The molecule has 0 N–H and O–H groups in total. The summed E-state index contributed by atoms with van der Waals surface area (Å²) in [6.45, 7) is 18.0. The Hall–Kier alpha value is -3.02. The van der Waals surface area contributed by atoms with Crippen LogP contribution in [0, 0.1) is 12.0 Å². The molecular weight excluding hydrogens is 608 g/mol. The van der Waals surface area contributed by atoms with E-state index in [2.05, 4.69) is 177 Å². The molecule has 1 unspecified atom stereocenters. The Morgan fingerprint density at radius 3 is 1.48 bits per heavy atom. The first-order valence-electron chi connectivity index (χ1n) is 16.0. The molecule has 44 heavy (non-hydrogen) atoms. The van der Waals surface area contributed by atoms with Crippen molar-refractivity contribution in [3.05, 3.63) is 149 Å². The van der Waals surface area contributed by atoms with Crippen LogP contribution in [-0.2, 0) is 35.1 Å². The van der Waals surface area contributed by atoms with Crippen LogP contribution < -0.4 is 0 Å². The maximum absolute atomic E-state index is 3.40. The van der Waals surface area contributed by atoms with Crippen molar-refractivity contribution in [3.63, 3.8) is 0 Å². The van der Waals surface area contributed by atoms with Crippen LogP contribution in [0.3, 0.4) is 0 Å².